The van der Waals surface area contributed by atoms with Crippen molar-refractivity contribution in [3.63, 3.8) is 0 Å². The number of benzene rings is 1. The lowest BCUT2D eigenvalue weighted by Crippen LogP contribution is -2.37. The van der Waals surface area contributed by atoms with E-state index >= 15 is 0 Å². The van der Waals surface area contributed by atoms with Gasteiger partial charge < -0.3 is 9.94 Å². The number of carbonyl (C=O) groups is 1. The number of likely N-dealkylation sites (tertiary alicyclic amines) is 1. The van der Waals surface area contributed by atoms with Crippen LogP contribution in [0, 0.1) is 0 Å². The van der Waals surface area contributed by atoms with Crippen LogP contribution in [0.15, 0.2) is 22.7 Å². The second kappa shape index (κ2) is 7.10. The highest BCUT2D eigenvalue weighted by Crippen LogP contribution is 2.38. The lowest BCUT2D eigenvalue weighted by Gasteiger charge is -2.28. The molecule has 1 amide bonds. The number of halogens is 1. The monoisotopic (exact) mass is 447 g/mol. The Morgan fingerprint density at radius 1 is 1.29 bits per heavy atom. The molecule has 150 valence electrons. The molecular weight excluding hydrogens is 422 g/mol. The number of rotatable bonds is 1. The number of imidazole rings is 1. The number of aromatic nitrogens is 2. The first-order chi connectivity index (χ1) is 13.2. The Kier molecular flexibility index (Phi) is 4.89. The van der Waals surface area contributed by atoms with E-state index in [9.17, 15) is 10.0 Å². The first-order valence-corrected chi connectivity index (χ1v) is 10.6. The van der Waals surface area contributed by atoms with Gasteiger partial charge in [-0.1, -0.05) is 22.0 Å². The number of hydrogen-bond acceptors (Lipinski definition) is 4. The molecule has 1 aromatic heterocycles. The number of ether oxygens (including phenoxy) is 1. The average molecular weight is 448 g/mol. The van der Waals surface area contributed by atoms with Crippen LogP contribution in [-0.4, -0.2) is 38.1 Å². The number of aryl methyl sites for hydroxylation is 1. The van der Waals surface area contributed by atoms with Gasteiger partial charge in [-0.25, -0.2) is 9.78 Å². The molecule has 2 aromatic rings. The summed E-state index contributed by atoms with van der Waals surface area (Å²) in [6.45, 7) is 6.20. The van der Waals surface area contributed by atoms with Crippen molar-refractivity contribution in [3.8, 4) is 11.3 Å². The van der Waals surface area contributed by atoms with Gasteiger partial charge in [0.05, 0.1) is 17.4 Å². The van der Waals surface area contributed by atoms with Crippen LogP contribution in [-0.2, 0) is 17.6 Å². The predicted molar refractivity (Wildman–Crippen MR) is 109 cm³/mol. The minimum Gasteiger partial charge on any atom is -0.444 e. The first kappa shape index (κ1) is 19.3. The fraction of sp³-hybridized carbons (Fsp3) is 0.524. The standard InChI is InChI=1S/C21H26BrN3O3/c1-21(2,3)28-20(26)24-11-5-8-17(24)19-23-18-15-10-9-14(22)12-13(15)6-4-7-16(18)25(19)27/h9-10,12,17,27H,4-8,11H2,1-3H3/t17-/m0/s1. The van der Waals surface area contributed by atoms with E-state index < -0.39 is 5.60 Å². The van der Waals surface area contributed by atoms with Gasteiger partial charge in [-0.2, -0.15) is 4.73 Å². The van der Waals surface area contributed by atoms with Crippen LogP contribution in [0.2, 0.25) is 0 Å². The minimum absolute atomic E-state index is 0.273. The molecule has 0 saturated carbocycles. The molecule has 1 aliphatic heterocycles. The van der Waals surface area contributed by atoms with Crippen LogP contribution < -0.4 is 0 Å². The van der Waals surface area contributed by atoms with Gasteiger partial charge in [0.1, 0.15) is 5.60 Å². The van der Waals surface area contributed by atoms with Crippen molar-refractivity contribution in [1.82, 2.24) is 14.6 Å². The number of nitrogens with zero attached hydrogens (tertiary/aromatic N) is 3. The third-order valence-corrected chi connectivity index (χ3v) is 5.83. The van der Waals surface area contributed by atoms with Crippen molar-refractivity contribution in [3.05, 3.63) is 39.8 Å². The molecule has 4 rings (SSSR count). The van der Waals surface area contributed by atoms with E-state index in [-0.39, 0.29) is 12.1 Å². The third kappa shape index (κ3) is 3.52. The molecule has 6 nitrogen and oxygen atoms in total. The lowest BCUT2D eigenvalue weighted by molar-refractivity contribution is 0.0199. The highest BCUT2D eigenvalue weighted by Gasteiger charge is 2.37. The Balaban J connectivity index is 1.72. The zero-order chi connectivity index (χ0) is 20.1. The molecule has 2 heterocycles. The fourth-order valence-electron chi connectivity index (χ4n) is 4.14. The van der Waals surface area contributed by atoms with Gasteiger partial charge in [-0.3, -0.25) is 4.90 Å². The molecule has 1 aliphatic carbocycles. The SMILES string of the molecule is CC(C)(C)OC(=O)N1CCC[C@H]1c1nc2c(n1O)CCCc1cc(Br)ccc1-2. The maximum Gasteiger partial charge on any atom is 0.410 e. The van der Waals surface area contributed by atoms with E-state index in [1.165, 1.54) is 10.3 Å². The molecule has 0 radical (unpaired) electrons. The highest BCUT2D eigenvalue weighted by molar-refractivity contribution is 9.10. The Morgan fingerprint density at radius 2 is 2.07 bits per heavy atom. The fourth-order valence-corrected chi connectivity index (χ4v) is 4.55. The molecule has 1 fully saturated rings. The Bertz CT molecular complexity index is 916. The van der Waals surface area contributed by atoms with Gasteiger partial charge in [0.2, 0.25) is 0 Å². The summed E-state index contributed by atoms with van der Waals surface area (Å²) in [5.74, 6) is 0.532. The van der Waals surface area contributed by atoms with Crippen molar-refractivity contribution in [2.24, 2.45) is 0 Å². The Labute approximate surface area is 173 Å². The van der Waals surface area contributed by atoms with Crippen LogP contribution in [0.3, 0.4) is 0 Å². The summed E-state index contributed by atoms with van der Waals surface area (Å²) in [5, 5.41) is 10.9. The van der Waals surface area contributed by atoms with Gasteiger partial charge in [0.25, 0.3) is 0 Å². The van der Waals surface area contributed by atoms with E-state index in [1.807, 2.05) is 26.8 Å². The summed E-state index contributed by atoms with van der Waals surface area (Å²) in [6, 6.07) is 5.92. The Morgan fingerprint density at radius 3 is 2.82 bits per heavy atom. The molecular formula is C21H26BrN3O3. The van der Waals surface area contributed by atoms with Crippen molar-refractivity contribution >= 4 is 22.0 Å². The summed E-state index contributed by atoms with van der Waals surface area (Å²) in [4.78, 5) is 19.2. The van der Waals surface area contributed by atoms with Crippen LogP contribution >= 0.6 is 15.9 Å². The highest BCUT2D eigenvalue weighted by atomic mass is 79.9. The van der Waals surface area contributed by atoms with E-state index in [4.69, 9.17) is 9.72 Å². The molecule has 0 spiro atoms. The van der Waals surface area contributed by atoms with E-state index in [0.29, 0.717) is 12.4 Å². The predicted octanol–water partition coefficient (Wildman–Crippen LogP) is 5.11. The molecule has 28 heavy (non-hydrogen) atoms. The summed E-state index contributed by atoms with van der Waals surface area (Å²) in [5.41, 5.74) is 3.39. The maximum absolute atomic E-state index is 12.7. The molecule has 0 bridgehead atoms. The van der Waals surface area contributed by atoms with Gasteiger partial charge >= 0.3 is 6.09 Å². The quantitative estimate of drug-likeness (QED) is 0.616. The molecule has 1 N–H and O–H groups in total. The van der Waals surface area contributed by atoms with E-state index in [1.54, 1.807) is 4.90 Å². The first-order valence-electron chi connectivity index (χ1n) is 9.84. The van der Waals surface area contributed by atoms with E-state index in [0.717, 1.165) is 53.5 Å². The van der Waals surface area contributed by atoms with Crippen molar-refractivity contribution in [2.45, 2.75) is 64.5 Å². The van der Waals surface area contributed by atoms with Crippen molar-refractivity contribution < 1.29 is 14.7 Å². The molecule has 1 aromatic carbocycles. The summed E-state index contributed by atoms with van der Waals surface area (Å²) >= 11 is 3.54. The van der Waals surface area contributed by atoms with Gasteiger partial charge in [-0.15, -0.1) is 0 Å². The average Bonchev–Trinajstić information content (AvgIpc) is 3.15. The molecule has 1 saturated heterocycles. The number of amides is 1. The van der Waals surface area contributed by atoms with Gasteiger partial charge in [-0.05, 0) is 70.6 Å². The Hall–Kier alpha value is -2.02. The van der Waals surface area contributed by atoms with Crippen LogP contribution in [0.4, 0.5) is 4.79 Å². The molecule has 2 aliphatic rings. The molecule has 7 heteroatoms. The third-order valence-electron chi connectivity index (χ3n) is 5.33. The van der Waals surface area contributed by atoms with E-state index in [2.05, 4.69) is 28.1 Å². The lowest BCUT2D eigenvalue weighted by atomic mass is 10.0. The summed E-state index contributed by atoms with van der Waals surface area (Å²) in [6.07, 6.45) is 3.94. The zero-order valence-electron chi connectivity index (χ0n) is 16.5. The van der Waals surface area contributed by atoms with Crippen LogP contribution in [0.5, 0.6) is 0 Å². The minimum atomic E-state index is -0.553. The summed E-state index contributed by atoms with van der Waals surface area (Å²) < 4.78 is 7.84. The smallest absolute Gasteiger partial charge is 0.410 e. The molecule has 1 atom stereocenters. The zero-order valence-corrected chi connectivity index (χ0v) is 18.1. The van der Waals surface area contributed by atoms with Gasteiger partial charge in [0.15, 0.2) is 5.82 Å². The largest absolute Gasteiger partial charge is 0.444 e. The molecule has 0 unspecified atom stereocenters. The normalized spacial score (nSPS) is 19.1. The topological polar surface area (TPSA) is 67.6 Å². The van der Waals surface area contributed by atoms with Crippen LogP contribution in [0.25, 0.3) is 11.3 Å². The number of hydrogen-bond donors (Lipinski definition) is 1. The van der Waals surface area contributed by atoms with Crippen LogP contribution in [0.1, 0.15) is 63.2 Å². The number of fused-ring (bicyclic) bond motifs is 3. The van der Waals surface area contributed by atoms with Crippen molar-refractivity contribution in [1.29, 1.82) is 0 Å². The number of carbonyl (C=O) groups excluding carboxylic acids is 1. The second-order valence-corrected chi connectivity index (χ2v) is 9.48. The second-order valence-electron chi connectivity index (χ2n) is 8.56. The maximum atomic E-state index is 12.7. The van der Waals surface area contributed by atoms with Crippen molar-refractivity contribution in [2.75, 3.05) is 6.54 Å². The summed E-state index contributed by atoms with van der Waals surface area (Å²) in [7, 11) is 0. The van der Waals surface area contributed by atoms with Gasteiger partial charge in [0, 0.05) is 16.6 Å².